The van der Waals surface area contributed by atoms with E-state index in [1.54, 1.807) is 6.20 Å². The minimum absolute atomic E-state index is 0.0992. The molecule has 0 aliphatic heterocycles. The Kier molecular flexibility index (Phi) is 7.65. The van der Waals surface area contributed by atoms with Crippen LogP contribution in [-0.4, -0.2) is 29.7 Å². The average Bonchev–Trinajstić information content (AvgIpc) is 2.90. The summed E-state index contributed by atoms with van der Waals surface area (Å²) in [4.78, 5) is 17.6. The van der Waals surface area contributed by atoms with Crippen molar-refractivity contribution < 1.29 is 9.90 Å². The van der Waals surface area contributed by atoms with Gasteiger partial charge in [-0.05, 0) is 28.8 Å². The number of carboxylic acid groups (broad SMARTS) is 1. The van der Waals surface area contributed by atoms with E-state index in [1.165, 1.54) is 16.7 Å². The van der Waals surface area contributed by atoms with Gasteiger partial charge in [0.25, 0.3) is 0 Å². The minimum Gasteiger partial charge on any atom is -0.481 e. The van der Waals surface area contributed by atoms with Gasteiger partial charge in [0.1, 0.15) is 0 Å². The fraction of sp³-hybridized carbons (Fsp3) is 0.172. The van der Waals surface area contributed by atoms with Crippen molar-refractivity contribution in [1.82, 2.24) is 4.98 Å². The molecule has 1 heterocycles. The van der Waals surface area contributed by atoms with Crippen molar-refractivity contribution >= 4 is 23.4 Å². The number of hydrogen-bond donors (Lipinski definition) is 1. The Bertz CT molecular complexity index is 1100. The molecule has 0 radical (unpaired) electrons. The maximum absolute atomic E-state index is 11.0. The Balaban J connectivity index is 1.72. The molecule has 1 aromatic heterocycles. The molecule has 4 rings (SSSR count). The third-order valence-corrected chi connectivity index (χ3v) is 7.46. The van der Waals surface area contributed by atoms with E-state index in [2.05, 4.69) is 83.8 Å². The fourth-order valence-corrected chi connectivity index (χ4v) is 5.56. The lowest BCUT2D eigenvalue weighted by Crippen LogP contribution is -2.26. The van der Waals surface area contributed by atoms with Gasteiger partial charge in [0, 0.05) is 31.2 Å². The smallest absolute Gasteiger partial charge is 0.305 e. The standard InChI is InChI=1S/C29H28N2O2S/c1-31(20-18-28(32)33)27-17-19-30-26(21-27)22-34-29(23-11-5-2-6-12-23,24-13-7-3-8-14-24)25-15-9-4-10-16-25/h2-17,19,21H,18,20,22H2,1H3,(H,32,33). The summed E-state index contributed by atoms with van der Waals surface area (Å²) in [5, 5.41) is 9.02. The number of carboxylic acids is 1. The van der Waals surface area contributed by atoms with Crippen molar-refractivity contribution in [1.29, 1.82) is 0 Å². The van der Waals surface area contributed by atoms with Crippen LogP contribution < -0.4 is 4.90 Å². The van der Waals surface area contributed by atoms with Crippen LogP contribution in [0, 0.1) is 0 Å². The van der Waals surface area contributed by atoms with Gasteiger partial charge in [-0.3, -0.25) is 9.78 Å². The summed E-state index contributed by atoms with van der Waals surface area (Å²) in [7, 11) is 1.91. The SMILES string of the molecule is CN(CCC(=O)O)c1ccnc(CSC(c2ccccc2)(c2ccccc2)c2ccccc2)c1. The Labute approximate surface area is 205 Å². The van der Waals surface area contributed by atoms with E-state index in [0.29, 0.717) is 12.3 Å². The van der Waals surface area contributed by atoms with Crippen LogP contribution in [0.25, 0.3) is 0 Å². The first-order valence-electron chi connectivity index (χ1n) is 11.3. The predicted molar refractivity (Wildman–Crippen MR) is 140 cm³/mol. The number of aromatic nitrogens is 1. The molecule has 34 heavy (non-hydrogen) atoms. The zero-order chi connectivity index (χ0) is 23.8. The van der Waals surface area contributed by atoms with E-state index in [1.807, 2.05) is 48.0 Å². The molecular formula is C29H28N2O2S. The number of rotatable bonds is 10. The first kappa shape index (κ1) is 23.6. The molecule has 1 N–H and O–H groups in total. The monoisotopic (exact) mass is 468 g/mol. The van der Waals surface area contributed by atoms with Crippen molar-refractivity contribution in [3.63, 3.8) is 0 Å². The number of thioether (sulfide) groups is 1. The third-order valence-electron chi connectivity index (χ3n) is 5.88. The molecule has 4 nitrogen and oxygen atoms in total. The molecule has 0 aliphatic carbocycles. The number of nitrogens with zero attached hydrogens (tertiary/aromatic N) is 2. The van der Waals surface area contributed by atoms with Gasteiger partial charge in [-0.1, -0.05) is 91.0 Å². The van der Waals surface area contributed by atoms with Crippen LogP contribution in [0.4, 0.5) is 5.69 Å². The highest BCUT2D eigenvalue weighted by Crippen LogP contribution is 2.49. The second-order valence-electron chi connectivity index (χ2n) is 8.14. The molecule has 0 fully saturated rings. The quantitative estimate of drug-likeness (QED) is 0.280. The topological polar surface area (TPSA) is 53.4 Å². The van der Waals surface area contributed by atoms with Crippen molar-refractivity contribution in [2.24, 2.45) is 0 Å². The number of carbonyl (C=O) groups is 1. The summed E-state index contributed by atoms with van der Waals surface area (Å²) in [5.41, 5.74) is 5.57. The molecule has 5 heteroatoms. The van der Waals surface area contributed by atoms with Crippen LogP contribution in [0.5, 0.6) is 0 Å². The maximum atomic E-state index is 11.0. The number of benzene rings is 3. The molecule has 4 aromatic rings. The molecule has 0 spiro atoms. The van der Waals surface area contributed by atoms with E-state index in [0.717, 1.165) is 11.4 Å². The lowest BCUT2D eigenvalue weighted by molar-refractivity contribution is -0.136. The van der Waals surface area contributed by atoms with Gasteiger partial charge in [-0.2, -0.15) is 0 Å². The first-order valence-corrected chi connectivity index (χ1v) is 12.3. The third kappa shape index (κ3) is 5.32. The Morgan fingerprint density at radius 3 is 1.82 bits per heavy atom. The molecule has 0 unspecified atom stereocenters. The zero-order valence-corrected chi connectivity index (χ0v) is 20.0. The second kappa shape index (κ2) is 11.0. The lowest BCUT2D eigenvalue weighted by Gasteiger charge is -2.35. The fourth-order valence-electron chi connectivity index (χ4n) is 4.13. The maximum Gasteiger partial charge on any atom is 0.305 e. The highest BCUT2D eigenvalue weighted by Gasteiger charge is 2.36. The van der Waals surface area contributed by atoms with Crippen molar-refractivity contribution in [3.8, 4) is 0 Å². The van der Waals surface area contributed by atoms with Gasteiger partial charge >= 0.3 is 5.97 Å². The summed E-state index contributed by atoms with van der Waals surface area (Å²) in [6.45, 7) is 0.452. The van der Waals surface area contributed by atoms with E-state index >= 15 is 0 Å². The highest BCUT2D eigenvalue weighted by molar-refractivity contribution is 7.99. The first-order chi connectivity index (χ1) is 16.6. The van der Waals surface area contributed by atoms with Gasteiger partial charge in [0.15, 0.2) is 0 Å². The number of anilines is 1. The number of pyridine rings is 1. The van der Waals surface area contributed by atoms with Crippen molar-refractivity contribution in [2.75, 3.05) is 18.5 Å². The van der Waals surface area contributed by atoms with E-state index in [-0.39, 0.29) is 6.42 Å². The Morgan fingerprint density at radius 1 is 0.853 bits per heavy atom. The summed E-state index contributed by atoms with van der Waals surface area (Å²) < 4.78 is -0.406. The normalized spacial score (nSPS) is 11.2. The van der Waals surface area contributed by atoms with E-state index in [9.17, 15) is 4.79 Å². The zero-order valence-electron chi connectivity index (χ0n) is 19.2. The molecular weight excluding hydrogens is 440 g/mol. The largest absolute Gasteiger partial charge is 0.481 e. The van der Waals surface area contributed by atoms with Crippen LogP contribution in [0.2, 0.25) is 0 Å². The van der Waals surface area contributed by atoms with Crippen molar-refractivity contribution in [2.45, 2.75) is 16.9 Å². The molecule has 0 aliphatic rings. The van der Waals surface area contributed by atoms with Crippen LogP contribution in [0.3, 0.4) is 0 Å². The molecule has 0 bridgehead atoms. The van der Waals surface area contributed by atoms with Gasteiger partial charge in [0.05, 0.1) is 16.9 Å². The molecule has 172 valence electrons. The van der Waals surface area contributed by atoms with Crippen LogP contribution in [0.1, 0.15) is 28.8 Å². The molecule has 0 saturated heterocycles. The van der Waals surface area contributed by atoms with Crippen LogP contribution in [-0.2, 0) is 15.3 Å². The Morgan fingerprint density at radius 2 is 1.35 bits per heavy atom. The molecule has 0 amide bonds. The van der Waals surface area contributed by atoms with Crippen LogP contribution in [0.15, 0.2) is 109 Å². The van der Waals surface area contributed by atoms with Gasteiger partial charge < -0.3 is 10.0 Å². The molecule has 0 atom stereocenters. The summed E-state index contributed by atoms with van der Waals surface area (Å²) >= 11 is 1.84. The van der Waals surface area contributed by atoms with Gasteiger partial charge in [-0.25, -0.2) is 0 Å². The summed E-state index contributed by atoms with van der Waals surface area (Å²) in [6, 6.07) is 35.8. The van der Waals surface area contributed by atoms with E-state index < -0.39 is 10.7 Å². The van der Waals surface area contributed by atoms with Gasteiger partial charge in [-0.15, -0.1) is 11.8 Å². The summed E-state index contributed by atoms with van der Waals surface area (Å²) in [6.07, 6.45) is 1.90. The second-order valence-corrected chi connectivity index (χ2v) is 9.33. The lowest BCUT2D eigenvalue weighted by atomic mass is 9.84. The molecule has 0 saturated carbocycles. The van der Waals surface area contributed by atoms with Gasteiger partial charge in [0.2, 0.25) is 0 Å². The number of hydrogen-bond acceptors (Lipinski definition) is 4. The summed E-state index contributed by atoms with van der Waals surface area (Å²) in [5.74, 6) is -0.103. The minimum atomic E-state index is -0.796. The van der Waals surface area contributed by atoms with Crippen LogP contribution >= 0.6 is 11.8 Å². The predicted octanol–water partition coefficient (Wildman–Crippen LogP) is 6.22. The van der Waals surface area contributed by atoms with Crippen molar-refractivity contribution in [3.05, 3.63) is 132 Å². The Hall–Kier alpha value is -3.57. The number of aliphatic carboxylic acids is 1. The average molecular weight is 469 g/mol. The van der Waals surface area contributed by atoms with E-state index in [4.69, 9.17) is 5.11 Å². The molecule has 3 aromatic carbocycles. The highest BCUT2D eigenvalue weighted by atomic mass is 32.2.